The number of aromatic nitrogens is 1. The van der Waals surface area contributed by atoms with Crippen molar-refractivity contribution < 1.29 is 8.94 Å². The smallest absolute Gasteiger partial charge is 0.183 e. The lowest BCUT2D eigenvalue weighted by Crippen LogP contribution is -2.11. The molecule has 0 spiro atoms. The van der Waals surface area contributed by atoms with Crippen molar-refractivity contribution in [3.63, 3.8) is 0 Å². The number of nitrogens with zero attached hydrogens (tertiary/aromatic N) is 1. The Labute approximate surface area is 110 Å². The summed E-state index contributed by atoms with van der Waals surface area (Å²) < 4.78 is 12.1. The van der Waals surface area contributed by atoms with Gasteiger partial charge in [-0.2, -0.15) is 0 Å². The fourth-order valence-electron chi connectivity index (χ4n) is 1.29. The molecule has 0 aliphatic heterocycles. The summed E-state index contributed by atoms with van der Waals surface area (Å²) in [4.78, 5) is 0. The summed E-state index contributed by atoms with van der Waals surface area (Å²) in [5.74, 6) is 1.68. The van der Waals surface area contributed by atoms with Crippen LogP contribution < -0.4 is 5.32 Å². The van der Waals surface area contributed by atoms with E-state index in [2.05, 4.69) is 42.3 Å². The zero-order chi connectivity index (χ0) is 11.5. The summed E-state index contributed by atoms with van der Waals surface area (Å²) >= 11 is 6.65. The van der Waals surface area contributed by atoms with E-state index in [0.29, 0.717) is 17.8 Å². The summed E-state index contributed by atoms with van der Waals surface area (Å²) in [6.07, 6.45) is 0. The van der Waals surface area contributed by atoms with E-state index >= 15 is 0 Å². The Kier molecular flexibility index (Phi) is 3.83. The highest BCUT2D eigenvalue weighted by atomic mass is 79.9. The molecule has 0 aliphatic carbocycles. The van der Waals surface area contributed by atoms with Gasteiger partial charge in [0.1, 0.15) is 5.76 Å². The van der Waals surface area contributed by atoms with Crippen LogP contribution in [0.1, 0.15) is 17.2 Å². The molecule has 0 bridgehead atoms. The first-order valence-corrected chi connectivity index (χ1v) is 6.30. The Hall–Kier alpha value is -0.590. The van der Waals surface area contributed by atoms with E-state index in [4.69, 9.17) is 8.94 Å². The van der Waals surface area contributed by atoms with Gasteiger partial charge < -0.3 is 14.3 Å². The van der Waals surface area contributed by atoms with E-state index < -0.39 is 0 Å². The number of hydrogen-bond donors (Lipinski definition) is 1. The van der Waals surface area contributed by atoms with Crippen LogP contribution in [0.5, 0.6) is 0 Å². The minimum atomic E-state index is 0.636. The largest absolute Gasteiger partial charge is 0.452 e. The average Bonchev–Trinajstić information content (AvgIpc) is 2.75. The molecule has 0 amide bonds. The van der Waals surface area contributed by atoms with Gasteiger partial charge in [-0.05, 0) is 44.8 Å². The Morgan fingerprint density at radius 1 is 1.25 bits per heavy atom. The van der Waals surface area contributed by atoms with E-state index in [9.17, 15) is 0 Å². The topological polar surface area (TPSA) is 51.2 Å². The standard InChI is InChI=1S/C10H10Br2N2O2/c1-6-2-8(16-14-6)5-13-4-7-3-9(11)10(12)15-7/h2-3,13H,4-5H2,1H3. The lowest BCUT2D eigenvalue weighted by Gasteiger charge is -1.97. The van der Waals surface area contributed by atoms with Crippen LogP contribution >= 0.6 is 31.9 Å². The van der Waals surface area contributed by atoms with E-state index in [0.717, 1.165) is 21.7 Å². The van der Waals surface area contributed by atoms with E-state index in [1.165, 1.54) is 0 Å². The lowest BCUT2D eigenvalue weighted by molar-refractivity contribution is 0.365. The molecule has 2 aromatic rings. The highest BCUT2D eigenvalue weighted by Crippen LogP contribution is 2.26. The van der Waals surface area contributed by atoms with Crippen LogP contribution in [0, 0.1) is 6.92 Å². The van der Waals surface area contributed by atoms with Gasteiger partial charge >= 0.3 is 0 Å². The maximum Gasteiger partial charge on any atom is 0.183 e. The molecule has 2 aromatic heterocycles. The van der Waals surface area contributed by atoms with Crippen LogP contribution in [0.4, 0.5) is 0 Å². The zero-order valence-corrected chi connectivity index (χ0v) is 11.8. The Morgan fingerprint density at radius 2 is 2.00 bits per heavy atom. The van der Waals surface area contributed by atoms with Crippen LogP contribution in [0.25, 0.3) is 0 Å². The van der Waals surface area contributed by atoms with Gasteiger partial charge in [-0.15, -0.1) is 0 Å². The minimum Gasteiger partial charge on any atom is -0.452 e. The minimum absolute atomic E-state index is 0.636. The van der Waals surface area contributed by atoms with Crippen molar-refractivity contribution in [3.8, 4) is 0 Å². The predicted molar refractivity (Wildman–Crippen MR) is 65.9 cm³/mol. The third-order valence-corrected chi connectivity index (χ3v) is 3.68. The lowest BCUT2D eigenvalue weighted by atomic mass is 10.4. The van der Waals surface area contributed by atoms with Crippen molar-refractivity contribution in [1.82, 2.24) is 10.5 Å². The molecule has 86 valence electrons. The molecule has 0 saturated heterocycles. The van der Waals surface area contributed by atoms with Crippen molar-refractivity contribution in [1.29, 1.82) is 0 Å². The second kappa shape index (κ2) is 5.16. The molecule has 0 fully saturated rings. The van der Waals surface area contributed by atoms with Gasteiger partial charge in [-0.1, -0.05) is 5.16 Å². The van der Waals surface area contributed by atoms with E-state index in [1.807, 2.05) is 19.1 Å². The summed E-state index contributed by atoms with van der Waals surface area (Å²) in [6.45, 7) is 3.18. The fourth-order valence-corrected chi connectivity index (χ4v) is 1.95. The van der Waals surface area contributed by atoms with Crippen molar-refractivity contribution in [2.45, 2.75) is 20.0 Å². The first kappa shape index (κ1) is 11.9. The molecule has 2 heterocycles. The van der Waals surface area contributed by atoms with Crippen LogP contribution in [-0.4, -0.2) is 5.16 Å². The molecular weight excluding hydrogens is 340 g/mol. The zero-order valence-electron chi connectivity index (χ0n) is 8.59. The quantitative estimate of drug-likeness (QED) is 0.919. The van der Waals surface area contributed by atoms with Gasteiger partial charge in [0.2, 0.25) is 0 Å². The fraction of sp³-hybridized carbons (Fsp3) is 0.300. The maximum absolute atomic E-state index is 5.42. The average molecular weight is 350 g/mol. The molecular formula is C10H10Br2N2O2. The van der Waals surface area contributed by atoms with Gasteiger partial charge in [0, 0.05) is 6.07 Å². The van der Waals surface area contributed by atoms with Gasteiger partial charge in [-0.3, -0.25) is 0 Å². The third-order valence-electron chi connectivity index (χ3n) is 1.97. The molecule has 0 saturated carbocycles. The molecule has 0 radical (unpaired) electrons. The number of halogens is 2. The van der Waals surface area contributed by atoms with Crippen LogP contribution in [0.2, 0.25) is 0 Å². The number of aryl methyl sites for hydroxylation is 1. The molecule has 2 rings (SSSR count). The molecule has 0 atom stereocenters. The van der Waals surface area contributed by atoms with Gasteiger partial charge in [0.05, 0.1) is 23.3 Å². The van der Waals surface area contributed by atoms with Crippen molar-refractivity contribution >= 4 is 31.9 Å². The third kappa shape index (κ3) is 2.96. The van der Waals surface area contributed by atoms with Crippen LogP contribution in [0.15, 0.2) is 30.2 Å². The number of furan rings is 1. The van der Waals surface area contributed by atoms with Crippen molar-refractivity contribution in [2.75, 3.05) is 0 Å². The van der Waals surface area contributed by atoms with Crippen molar-refractivity contribution in [2.24, 2.45) is 0 Å². The first-order chi connectivity index (χ1) is 7.65. The number of hydrogen-bond acceptors (Lipinski definition) is 4. The number of rotatable bonds is 4. The van der Waals surface area contributed by atoms with E-state index in [1.54, 1.807) is 0 Å². The predicted octanol–water partition coefficient (Wildman–Crippen LogP) is 3.39. The monoisotopic (exact) mass is 348 g/mol. The summed E-state index contributed by atoms with van der Waals surface area (Å²) in [6, 6.07) is 3.82. The Morgan fingerprint density at radius 3 is 2.56 bits per heavy atom. The summed E-state index contributed by atoms with van der Waals surface area (Å²) in [5.41, 5.74) is 0.889. The highest BCUT2D eigenvalue weighted by Gasteiger charge is 2.06. The van der Waals surface area contributed by atoms with Gasteiger partial charge in [0.25, 0.3) is 0 Å². The SMILES string of the molecule is Cc1cc(CNCc2cc(Br)c(Br)o2)on1. The number of nitrogens with one attached hydrogen (secondary N) is 1. The molecule has 0 unspecified atom stereocenters. The highest BCUT2D eigenvalue weighted by molar-refractivity contribution is 9.13. The van der Waals surface area contributed by atoms with E-state index in [-0.39, 0.29) is 0 Å². The Balaban J connectivity index is 1.84. The molecule has 4 nitrogen and oxygen atoms in total. The summed E-state index contributed by atoms with van der Waals surface area (Å²) in [5, 5.41) is 7.01. The first-order valence-electron chi connectivity index (χ1n) is 4.72. The maximum atomic E-state index is 5.42. The molecule has 6 heteroatoms. The van der Waals surface area contributed by atoms with Crippen LogP contribution in [0.3, 0.4) is 0 Å². The Bertz CT molecular complexity index is 459. The molecule has 0 aliphatic rings. The molecule has 1 N–H and O–H groups in total. The molecule has 0 aromatic carbocycles. The summed E-state index contributed by atoms with van der Waals surface area (Å²) in [7, 11) is 0. The van der Waals surface area contributed by atoms with Crippen molar-refractivity contribution in [3.05, 3.63) is 38.5 Å². The van der Waals surface area contributed by atoms with Gasteiger partial charge in [-0.25, -0.2) is 0 Å². The second-order valence-electron chi connectivity index (χ2n) is 3.37. The normalized spacial score (nSPS) is 10.9. The molecule has 16 heavy (non-hydrogen) atoms. The second-order valence-corrected chi connectivity index (χ2v) is 4.95. The van der Waals surface area contributed by atoms with Crippen LogP contribution in [-0.2, 0) is 13.1 Å². The van der Waals surface area contributed by atoms with Gasteiger partial charge in [0.15, 0.2) is 10.4 Å².